The highest BCUT2D eigenvalue weighted by atomic mass is 28.3. The molecule has 0 unspecified atom stereocenters. The average Bonchev–Trinajstić information content (AvgIpc) is 2.59. The van der Waals surface area contributed by atoms with Crippen molar-refractivity contribution in [3.63, 3.8) is 0 Å². The highest BCUT2D eigenvalue weighted by Gasteiger charge is 2.48. The van der Waals surface area contributed by atoms with Gasteiger partial charge in [0.25, 0.3) is 0 Å². The molecule has 0 aliphatic heterocycles. The minimum atomic E-state index is -1.92. The zero-order valence-electron chi connectivity index (χ0n) is 18.9. The lowest BCUT2D eigenvalue weighted by atomic mass is 10.2. The van der Waals surface area contributed by atoms with E-state index < -0.39 is 22.2 Å². The van der Waals surface area contributed by atoms with Crippen molar-refractivity contribution in [2.75, 3.05) is 0 Å². The molecular formula is C26H35AlSi. The minimum absolute atomic E-state index is 0.303. The number of benzene rings is 2. The molecule has 2 heteroatoms. The topological polar surface area (TPSA) is 0 Å². The molecule has 0 atom stereocenters. The van der Waals surface area contributed by atoms with Gasteiger partial charge in [-0.15, -0.1) is 9.60 Å². The molecule has 0 saturated heterocycles. The Balaban J connectivity index is 2.64. The summed E-state index contributed by atoms with van der Waals surface area (Å²) in [6.45, 7) is 19.5. The lowest BCUT2D eigenvalue weighted by molar-refractivity contribution is 0.651. The van der Waals surface area contributed by atoms with Crippen LogP contribution in [0.25, 0.3) is 6.08 Å². The Morgan fingerprint density at radius 1 is 0.786 bits per heavy atom. The fraction of sp³-hybridized carbons (Fsp3) is 0.385. The summed E-state index contributed by atoms with van der Waals surface area (Å²) in [4.78, 5) is 0. The van der Waals surface area contributed by atoms with Crippen molar-refractivity contribution in [3.8, 4) is 11.5 Å². The predicted molar refractivity (Wildman–Crippen MR) is 130 cm³/mol. The maximum atomic E-state index is 3.78. The van der Waals surface area contributed by atoms with Gasteiger partial charge in [-0.25, -0.2) is 0 Å². The Bertz CT molecular complexity index is 840. The van der Waals surface area contributed by atoms with Crippen LogP contribution in [0.2, 0.25) is 21.6 Å². The molecule has 2 rings (SSSR count). The van der Waals surface area contributed by atoms with E-state index in [9.17, 15) is 0 Å². The summed E-state index contributed by atoms with van der Waals surface area (Å²) >= 11 is -1.33. The van der Waals surface area contributed by atoms with Crippen LogP contribution in [-0.4, -0.2) is 22.2 Å². The number of hydrogen-bond acceptors (Lipinski definition) is 0. The molecule has 2 aromatic rings. The molecule has 146 valence electrons. The van der Waals surface area contributed by atoms with Gasteiger partial charge in [-0.05, 0) is 17.7 Å². The van der Waals surface area contributed by atoms with E-state index in [0.29, 0.717) is 8.55 Å². The van der Waals surface area contributed by atoms with Crippen LogP contribution in [0.5, 0.6) is 0 Å². The molecule has 2 aromatic carbocycles. The van der Waals surface area contributed by atoms with E-state index in [4.69, 9.17) is 0 Å². The Kier molecular flexibility index (Phi) is 7.22. The first-order valence-corrected chi connectivity index (χ1v) is 15.0. The van der Waals surface area contributed by atoms with Gasteiger partial charge < -0.3 is 0 Å². The Morgan fingerprint density at radius 3 is 1.71 bits per heavy atom. The highest BCUT2D eigenvalue weighted by molar-refractivity contribution is 7.05. The third-order valence-corrected chi connectivity index (χ3v) is 14.8. The third kappa shape index (κ3) is 6.25. The Labute approximate surface area is 178 Å². The lowest BCUT2D eigenvalue weighted by Gasteiger charge is -2.41. The van der Waals surface area contributed by atoms with Crippen LogP contribution >= 0.6 is 0 Å². The average molecular weight is 403 g/mol. The molecule has 0 aromatic heterocycles. The molecule has 0 saturated carbocycles. The van der Waals surface area contributed by atoms with Gasteiger partial charge in [0.15, 0.2) is 0 Å². The zero-order chi connectivity index (χ0) is 21.0. The molecule has 0 radical (unpaired) electrons. The molecule has 0 fully saturated rings. The molecule has 0 N–H and O–H groups in total. The SMILES string of the molecule is C[C](C)(C)[Al](/[C](=C\c1ccccc1)[Si](C)(C)C#Cc1ccccc1)[C](C)(C)C. The number of rotatable bonds is 3. The Morgan fingerprint density at radius 2 is 1.25 bits per heavy atom. The molecular weight excluding hydrogens is 367 g/mol. The van der Waals surface area contributed by atoms with E-state index in [1.165, 1.54) is 5.56 Å². The van der Waals surface area contributed by atoms with Gasteiger partial charge in [-0.2, -0.15) is 0 Å². The molecule has 0 nitrogen and oxygen atoms in total. The summed E-state index contributed by atoms with van der Waals surface area (Å²) in [7, 11) is -1.92. The second kappa shape index (κ2) is 8.88. The maximum absolute atomic E-state index is 3.78. The van der Waals surface area contributed by atoms with E-state index in [-0.39, 0.29) is 0 Å². The summed E-state index contributed by atoms with van der Waals surface area (Å²) in [5, 5.41) is 0. The Hall–Kier alpha value is -1.51. The standard InChI is InChI=1S/C18H17Si.2C4H9.Al/c1-19(2,15-13-17-9-5-3-6-10-17)16-14-18-11-7-4-8-12-18;2*1-4(2)3;/h3-13H,1-2H3;2*1-3H3;. The van der Waals surface area contributed by atoms with Crippen molar-refractivity contribution >= 4 is 28.3 Å². The van der Waals surface area contributed by atoms with Crippen molar-refractivity contribution in [1.29, 1.82) is 0 Å². The molecule has 0 amide bonds. The molecule has 0 bridgehead atoms. The second-order valence-corrected chi connectivity index (χ2v) is 20.0. The van der Waals surface area contributed by atoms with Crippen LogP contribution < -0.4 is 0 Å². The van der Waals surface area contributed by atoms with E-state index in [1.54, 1.807) is 4.06 Å². The minimum Gasteiger partial charge on any atom is -0.127 e. The molecule has 0 aliphatic rings. The van der Waals surface area contributed by atoms with E-state index in [0.717, 1.165) is 5.56 Å². The monoisotopic (exact) mass is 402 g/mol. The smallest absolute Gasteiger partial charge is 0.127 e. The van der Waals surface area contributed by atoms with Crippen LogP contribution in [0.1, 0.15) is 52.7 Å². The van der Waals surface area contributed by atoms with Gasteiger partial charge in [0.1, 0.15) is 8.07 Å². The summed E-state index contributed by atoms with van der Waals surface area (Å²) in [5.41, 5.74) is 6.20. The van der Waals surface area contributed by atoms with Crippen molar-refractivity contribution in [3.05, 3.63) is 75.8 Å². The summed E-state index contributed by atoms with van der Waals surface area (Å²) < 4.78 is 2.29. The first-order chi connectivity index (χ1) is 12.9. The third-order valence-electron chi connectivity index (χ3n) is 5.18. The van der Waals surface area contributed by atoms with Gasteiger partial charge in [-0.3, -0.25) is 0 Å². The number of hydrogen-bond donors (Lipinski definition) is 0. The summed E-state index contributed by atoms with van der Waals surface area (Å²) in [5.74, 6) is 3.50. The highest BCUT2D eigenvalue weighted by Crippen LogP contribution is 2.47. The largest absolute Gasteiger partial charge is 0.307 e. The normalized spacial score (nSPS) is 12.9. The van der Waals surface area contributed by atoms with Gasteiger partial charge in [-0.1, -0.05) is 124 Å². The second-order valence-electron chi connectivity index (χ2n) is 10.4. The first kappa shape index (κ1) is 22.8. The van der Waals surface area contributed by atoms with Crippen LogP contribution in [0.4, 0.5) is 0 Å². The van der Waals surface area contributed by atoms with E-state index >= 15 is 0 Å². The first-order valence-electron chi connectivity index (χ1n) is 10.3. The molecule has 0 spiro atoms. The van der Waals surface area contributed by atoms with Crippen LogP contribution in [-0.2, 0) is 0 Å². The molecule has 28 heavy (non-hydrogen) atoms. The fourth-order valence-electron chi connectivity index (χ4n) is 4.41. The zero-order valence-corrected chi connectivity index (χ0v) is 21.1. The van der Waals surface area contributed by atoms with Crippen molar-refractivity contribution in [1.82, 2.24) is 0 Å². The van der Waals surface area contributed by atoms with Crippen LogP contribution in [0, 0.1) is 11.5 Å². The van der Waals surface area contributed by atoms with Gasteiger partial charge in [0, 0.05) is 5.56 Å². The predicted octanol–water partition coefficient (Wildman–Crippen LogP) is 7.54. The molecule has 0 aliphatic carbocycles. The lowest BCUT2D eigenvalue weighted by Crippen LogP contribution is -2.46. The van der Waals surface area contributed by atoms with Crippen LogP contribution in [0.3, 0.4) is 0 Å². The quantitative estimate of drug-likeness (QED) is 0.367. The van der Waals surface area contributed by atoms with Crippen LogP contribution in [0.15, 0.2) is 64.7 Å². The van der Waals surface area contributed by atoms with Gasteiger partial charge in [0.2, 0.25) is 0 Å². The summed E-state index contributed by atoms with van der Waals surface area (Å²) in [6, 6.07) is 21.2. The maximum Gasteiger partial charge on any atom is 0.307 e. The van der Waals surface area contributed by atoms with E-state index in [1.807, 2.05) is 0 Å². The van der Waals surface area contributed by atoms with Crippen molar-refractivity contribution in [2.24, 2.45) is 0 Å². The molecule has 0 heterocycles. The van der Waals surface area contributed by atoms with Crippen molar-refractivity contribution in [2.45, 2.75) is 63.2 Å². The van der Waals surface area contributed by atoms with Gasteiger partial charge >= 0.3 is 14.1 Å². The van der Waals surface area contributed by atoms with Crippen molar-refractivity contribution < 1.29 is 0 Å². The summed E-state index contributed by atoms with van der Waals surface area (Å²) in [6.07, 6.45) is 2.50. The van der Waals surface area contributed by atoms with Gasteiger partial charge in [0.05, 0.1) is 0 Å². The fourth-order valence-corrected chi connectivity index (χ4v) is 16.1. The van der Waals surface area contributed by atoms with E-state index in [2.05, 4.69) is 133 Å².